The van der Waals surface area contributed by atoms with E-state index in [0.717, 1.165) is 0 Å². The van der Waals surface area contributed by atoms with Crippen molar-refractivity contribution in [3.63, 3.8) is 0 Å². The molecule has 2 amide bonds. The maximum Gasteiger partial charge on any atom is 0.263 e. The van der Waals surface area contributed by atoms with Gasteiger partial charge < -0.3 is 20.1 Å². The molecular formula is C23H25N7O5. The lowest BCUT2D eigenvalue weighted by Crippen LogP contribution is -2.30. The van der Waals surface area contributed by atoms with Gasteiger partial charge in [-0.15, -0.1) is 0 Å². The third-order valence-corrected chi connectivity index (χ3v) is 5.98. The minimum absolute atomic E-state index is 0.0119. The largest absolute Gasteiger partial charge is 0.480 e. The zero-order chi connectivity index (χ0) is 24.4. The summed E-state index contributed by atoms with van der Waals surface area (Å²) in [6.45, 7) is 2.30. The van der Waals surface area contributed by atoms with E-state index in [0.29, 0.717) is 73.4 Å². The lowest BCUT2D eigenvalue weighted by Gasteiger charge is -2.21. The highest BCUT2D eigenvalue weighted by molar-refractivity contribution is 5.97. The molecule has 3 aromatic heterocycles. The molecule has 0 saturated carbocycles. The van der Waals surface area contributed by atoms with Gasteiger partial charge in [0.05, 0.1) is 13.3 Å². The van der Waals surface area contributed by atoms with Crippen molar-refractivity contribution in [1.29, 1.82) is 0 Å². The Kier molecular flexibility index (Phi) is 6.27. The Hall–Kier alpha value is -4.06. The fourth-order valence-electron chi connectivity index (χ4n) is 4.26. The average Bonchev–Trinajstić information content (AvgIpc) is 3.24. The SMILES string of the molecule is COc1cnc2ccc(=O)n(CCCNC[C@H]3CC(=O)N(c4ccc5c(n4)NC(=O)CO5)C3)c2n1. The number of aryl methyl sites for hydroxylation is 1. The first kappa shape index (κ1) is 22.7. The number of anilines is 2. The molecule has 1 fully saturated rings. The molecule has 35 heavy (non-hydrogen) atoms. The number of fused-ring (bicyclic) bond motifs is 2. The fraction of sp³-hybridized carbons (Fsp3) is 0.391. The highest BCUT2D eigenvalue weighted by Gasteiger charge is 2.32. The molecule has 0 unspecified atom stereocenters. The number of ether oxygens (including phenoxy) is 2. The zero-order valence-corrected chi connectivity index (χ0v) is 19.2. The molecule has 1 saturated heterocycles. The van der Waals surface area contributed by atoms with Crippen LogP contribution in [0.25, 0.3) is 11.2 Å². The number of nitrogens with one attached hydrogen (secondary N) is 2. The maximum atomic E-state index is 12.6. The third-order valence-electron chi connectivity index (χ3n) is 5.98. The van der Waals surface area contributed by atoms with Crippen molar-refractivity contribution in [2.45, 2.75) is 19.4 Å². The quantitative estimate of drug-likeness (QED) is 0.443. The normalized spacial score (nSPS) is 17.3. The smallest absolute Gasteiger partial charge is 0.263 e. The Balaban J connectivity index is 1.14. The standard InChI is InChI=1S/C23H25N7O5/c1-34-19-11-25-15-3-6-20(32)29(23(15)28-19)8-2-7-24-10-14-9-21(33)30(12-14)17-5-4-16-22(26-17)27-18(31)13-35-16/h3-6,11,14,24H,2,7-10,12-13H2,1H3,(H,26,27,31)/t14-/m1/s1. The van der Waals surface area contributed by atoms with E-state index in [1.807, 2.05) is 0 Å². The van der Waals surface area contributed by atoms with Gasteiger partial charge >= 0.3 is 0 Å². The van der Waals surface area contributed by atoms with E-state index in [-0.39, 0.29) is 29.9 Å². The molecule has 0 bridgehead atoms. The number of hydrogen-bond donors (Lipinski definition) is 2. The molecule has 2 aliphatic rings. The maximum absolute atomic E-state index is 12.6. The van der Waals surface area contributed by atoms with Gasteiger partial charge in [0.1, 0.15) is 11.3 Å². The van der Waals surface area contributed by atoms with Gasteiger partial charge in [-0.25, -0.2) is 9.97 Å². The third kappa shape index (κ3) is 4.78. The molecule has 0 aliphatic carbocycles. The first-order chi connectivity index (χ1) is 17.0. The van der Waals surface area contributed by atoms with Crippen LogP contribution < -0.4 is 30.6 Å². The summed E-state index contributed by atoms with van der Waals surface area (Å²) in [6.07, 6.45) is 2.63. The van der Waals surface area contributed by atoms with E-state index >= 15 is 0 Å². The summed E-state index contributed by atoms with van der Waals surface area (Å²) >= 11 is 0. The molecule has 12 nitrogen and oxygen atoms in total. The molecule has 1 atom stereocenters. The van der Waals surface area contributed by atoms with Crippen LogP contribution in [-0.4, -0.2) is 64.7 Å². The van der Waals surface area contributed by atoms with E-state index < -0.39 is 0 Å². The lowest BCUT2D eigenvalue weighted by molar-refractivity contribution is -0.118. The summed E-state index contributed by atoms with van der Waals surface area (Å²) in [5.41, 5.74) is 0.981. The van der Waals surface area contributed by atoms with Gasteiger partial charge in [0.25, 0.3) is 11.5 Å². The van der Waals surface area contributed by atoms with Crippen molar-refractivity contribution in [1.82, 2.24) is 24.8 Å². The Morgan fingerprint density at radius 2 is 2.09 bits per heavy atom. The van der Waals surface area contributed by atoms with E-state index in [1.165, 1.54) is 19.4 Å². The van der Waals surface area contributed by atoms with E-state index in [4.69, 9.17) is 9.47 Å². The van der Waals surface area contributed by atoms with Crippen LogP contribution in [0.4, 0.5) is 11.6 Å². The molecule has 0 aromatic carbocycles. The van der Waals surface area contributed by atoms with Crippen LogP contribution in [0.2, 0.25) is 0 Å². The van der Waals surface area contributed by atoms with Crippen molar-refractivity contribution < 1.29 is 19.1 Å². The molecule has 2 N–H and O–H groups in total. The van der Waals surface area contributed by atoms with E-state index in [9.17, 15) is 14.4 Å². The number of hydrogen-bond acceptors (Lipinski definition) is 9. The van der Waals surface area contributed by atoms with Crippen molar-refractivity contribution in [2.75, 3.05) is 43.6 Å². The van der Waals surface area contributed by atoms with Crippen LogP contribution >= 0.6 is 0 Å². The second-order valence-corrected chi connectivity index (χ2v) is 8.43. The Labute approximate surface area is 200 Å². The summed E-state index contributed by atoms with van der Waals surface area (Å²) in [5.74, 6) is 1.52. The Bertz CT molecular complexity index is 1340. The minimum Gasteiger partial charge on any atom is -0.480 e. The summed E-state index contributed by atoms with van der Waals surface area (Å²) < 4.78 is 12.1. The molecule has 0 spiro atoms. The lowest BCUT2D eigenvalue weighted by atomic mass is 10.1. The first-order valence-corrected chi connectivity index (χ1v) is 11.4. The highest BCUT2D eigenvalue weighted by Crippen LogP contribution is 2.31. The average molecular weight is 479 g/mol. The van der Waals surface area contributed by atoms with Gasteiger partial charge in [-0.1, -0.05) is 0 Å². The summed E-state index contributed by atoms with van der Waals surface area (Å²) in [7, 11) is 1.51. The van der Waals surface area contributed by atoms with Gasteiger partial charge in [0.15, 0.2) is 23.8 Å². The van der Waals surface area contributed by atoms with E-state index in [2.05, 4.69) is 25.6 Å². The second kappa shape index (κ2) is 9.66. The Morgan fingerprint density at radius 1 is 1.20 bits per heavy atom. The number of carbonyl (C=O) groups excluding carboxylic acids is 2. The highest BCUT2D eigenvalue weighted by atomic mass is 16.5. The topological polar surface area (TPSA) is 141 Å². The number of rotatable bonds is 8. The number of pyridine rings is 2. The summed E-state index contributed by atoms with van der Waals surface area (Å²) in [4.78, 5) is 51.2. The summed E-state index contributed by atoms with van der Waals surface area (Å²) in [5, 5.41) is 6.05. The van der Waals surface area contributed by atoms with Crippen molar-refractivity contribution in [3.8, 4) is 11.6 Å². The van der Waals surface area contributed by atoms with Crippen LogP contribution in [-0.2, 0) is 16.1 Å². The summed E-state index contributed by atoms with van der Waals surface area (Å²) in [6, 6.07) is 6.58. The van der Waals surface area contributed by atoms with Crippen molar-refractivity contribution in [2.24, 2.45) is 5.92 Å². The van der Waals surface area contributed by atoms with Gasteiger partial charge in [-0.3, -0.25) is 23.9 Å². The van der Waals surface area contributed by atoms with Crippen LogP contribution in [0.5, 0.6) is 11.6 Å². The fourth-order valence-corrected chi connectivity index (χ4v) is 4.26. The van der Waals surface area contributed by atoms with Crippen LogP contribution in [0.1, 0.15) is 12.8 Å². The van der Waals surface area contributed by atoms with Crippen LogP contribution in [0, 0.1) is 5.92 Å². The number of carbonyl (C=O) groups is 2. The molecule has 12 heteroatoms. The van der Waals surface area contributed by atoms with Gasteiger partial charge in [0, 0.05) is 32.1 Å². The molecule has 2 aliphatic heterocycles. The van der Waals surface area contributed by atoms with Crippen molar-refractivity contribution >= 4 is 34.6 Å². The molecule has 0 radical (unpaired) electrons. The minimum atomic E-state index is -0.270. The molecular weight excluding hydrogens is 454 g/mol. The molecule has 3 aromatic rings. The number of nitrogens with zero attached hydrogens (tertiary/aromatic N) is 5. The number of aromatic nitrogens is 4. The molecule has 182 valence electrons. The first-order valence-electron chi connectivity index (χ1n) is 11.4. The predicted molar refractivity (Wildman–Crippen MR) is 127 cm³/mol. The van der Waals surface area contributed by atoms with Gasteiger partial charge in [-0.05, 0) is 37.1 Å². The monoisotopic (exact) mass is 479 g/mol. The van der Waals surface area contributed by atoms with Crippen LogP contribution in [0.3, 0.4) is 0 Å². The van der Waals surface area contributed by atoms with Gasteiger partial charge in [0.2, 0.25) is 11.8 Å². The molecule has 5 rings (SSSR count). The van der Waals surface area contributed by atoms with Crippen molar-refractivity contribution in [3.05, 3.63) is 40.8 Å². The Morgan fingerprint density at radius 3 is 2.94 bits per heavy atom. The van der Waals surface area contributed by atoms with Gasteiger partial charge in [-0.2, -0.15) is 4.98 Å². The number of amides is 2. The zero-order valence-electron chi connectivity index (χ0n) is 19.2. The second-order valence-electron chi connectivity index (χ2n) is 8.43. The van der Waals surface area contributed by atoms with Crippen LogP contribution in [0.15, 0.2) is 35.3 Å². The molecule has 5 heterocycles. The van der Waals surface area contributed by atoms with E-state index in [1.54, 1.807) is 27.7 Å². The number of methoxy groups -OCH3 is 1. The predicted octanol–water partition coefficient (Wildman–Crippen LogP) is 0.559.